The molecule has 1 aromatic heterocycles. The molecule has 3 aromatic rings. The molecule has 1 atom stereocenters. The Balaban J connectivity index is 1.85. The number of aromatic nitrogens is 1. The number of aryl methyl sites for hydroxylation is 1. The molecular formula is C19H17ClN2O3. The highest BCUT2D eigenvalue weighted by Crippen LogP contribution is 2.25. The molecule has 0 aliphatic heterocycles. The van der Waals surface area contributed by atoms with Crippen molar-refractivity contribution < 1.29 is 14.3 Å². The predicted molar refractivity (Wildman–Crippen MR) is 98.1 cm³/mol. The number of Topliss-reactive ketones (excluding diaryl/α,β-unsaturated/α-hetero) is 1. The van der Waals surface area contributed by atoms with Gasteiger partial charge in [0, 0.05) is 32.9 Å². The largest absolute Gasteiger partial charge is 0.451 e. The molecule has 5 nitrogen and oxygen atoms in total. The first kappa shape index (κ1) is 17.0. The topological polar surface area (TPSA) is 85.2 Å². The summed E-state index contributed by atoms with van der Waals surface area (Å²) >= 11 is 5.83. The van der Waals surface area contributed by atoms with Crippen LogP contribution >= 0.6 is 11.6 Å². The number of nitrogen functional groups attached to an aromatic ring is 1. The number of nitrogens with two attached hydrogens (primary N) is 1. The van der Waals surface area contributed by atoms with Crippen LogP contribution in [0, 0.1) is 6.92 Å². The molecule has 0 radical (unpaired) electrons. The van der Waals surface area contributed by atoms with Crippen molar-refractivity contribution in [2.45, 2.75) is 20.0 Å². The number of halogens is 1. The van der Waals surface area contributed by atoms with Crippen molar-refractivity contribution in [1.29, 1.82) is 0 Å². The Bertz CT molecular complexity index is 978. The Morgan fingerprint density at radius 1 is 1.20 bits per heavy atom. The Labute approximate surface area is 149 Å². The molecule has 0 saturated heterocycles. The summed E-state index contributed by atoms with van der Waals surface area (Å²) in [5.74, 6) is -0.927. The van der Waals surface area contributed by atoms with Crippen LogP contribution < -0.4 is 5.73 Å². The number of nitrogens with one attached hydrogen (secondary N) is 1. The molecule has 2 aromatic carbocycles. The first-order valence-corrected chi connectivity index (χ1v) is 8.14. The number of hydrogen-bond donors (Lipinski definition) is 2. The molecule has 0 spiro atoms. The van der Waals surface area contributed by atoms with Gasteiger partial charge in [-0.3, -0.25) is 4.79 Å². The van der Waals surface area contributed by atoms with E-state index in [9.17, 15) is 9.59 Å². The summed E-state index contributed by atoms with van der Waals surface area (Å²) in [5.41, 5.74) is 8.31. The molecular weight excluding hydrogens is 340 g/mol. The first-order chi connectivity index (χ1) is 11.9. The van der Waals surface area contributed by atoms with E-state index in [1.165, 1.54) is 12.1 Å². The first-order valence-electron chi connectivity index (χ1n) is 7.76. The van der Waals surface area contributed by atoms with Crippen molar-refractivity contribution in [3.63, 3.8) is 0 Å². The molecule has 0 fully saturated rings. The summed E-state index contributed by atoms with van der Waals surface area (Å²) in [4.78, 5) is 28.3. The Morgan fingerprint density at radius 2 is 1.92 bits per heavy atom. The number of carbonyl (C=O) groups excluding carboxylic acids is 2. The van der Waals surface area contributed by atoms with Crippen LogP contribution in [-0.2, 0) is 4.74 Å². The zero-order valence-corrected chi connectivity index (χ0v) is 14.6. The molecule has 0 bridgehead atoms. The smallest absolute Gasteiger partial charge is 0.340 e. The number of anilines is 1. The lowest BCUT2D eigenvalue weighted by atomic mass is 10.0. The molecule has 128 valence electrons. The fourth-order valence-electron chi connectivity index (χ4n) is 2.79. The number of esters is 1. The number of fused-ring (bicyclic) bond motifs is 1. The number of aromatic amines is 1. The maximum absolute atomic E-state index is 12.8. The van der Waals surface area contributed by atoms with Gasteiger partial charge in [0.1, 0.15) is 0 Å². The average molecular weight is 357 g/mol. The number of carbonyl (C=O) groups is 2. The van der Waals surface area contributed by atoms with E-state index in [1.54, 1.807) is 13.0 Å². The highest BCUT2D eigenvalue weighted by Gasteiger charge is 2.25. The lowest BCUT2D eigenvalue weighted by molar-refractivity contribution is 0.0320. The molecule has 0 aliphatic carbocycles. The Hall–Kier alpha value is -2.79. The Morgan fingerprint density at radius 3 is 2.64 bits per heavy atom. The van der Waals surface area contributed by atoms with E-state index in [2.05, 4.69) is 4.98 Å². The van der Waals surface area contributed by atoms with Crippen LogP contribution in [0.5, 0.6) is 0 Å². The van der Waals surface area contributed by atoms with Crippen molar-refractivity contribution in [3.8, 4) is 0 Å². The second kappa shape index (κ2) is 6.61. The van der Waals surface area contributed by atoms with Gasteiger partial charge in [-0.15, -0.1) is 0 Å². The third kappa shape index (κ3) is 3.23. The molecule has 0 amide bonds. The third-order valence-corrected chi connectivity index (χ3v) is 4.26. The standard InChI is InChI=1S/C19H17ClN2O3/c1-10-17(14-5-3-4-6-16(14)22-10)18(23)11(2)25-19(24)13-8-7-12(20)9-15(13)21/h3-9,11,22H,21H2,1-2H3/t11-/m0/s1. The van der Waals surface area contributed by atoms with E-state index in [1.807, 2.05) is 31.2 Å². The summed E-state index contributed by atoms with van der Waals surface area (Å²) in [6.45, 7) is 3.37. The van der Waals surface area contributed by atoms with Gasteiger partial charge in [0.25, 0.3) is 0 Å². The molecule has 3 N–H and O–H groups in total. The lowest BCUT2D eigenvalue weighted by Crippen LogP contribution is -2.25. The second-order valence-electron chi connectivity index (χ2n) is 5.81. The zero-order chi connectivity index (χ0) is 18.1. The average Bonchev–Trinajstić information content (AvgIpc) is 2.89. The van der Waals surface area contributed by atoms with Crippen LogP contribution in [0.25, 0.3) is 10.9 Å². The number of ether oxygens (including phenoxy) is 1. The van der Waals surface area contributed by atoms with Gasteiger partial charge in [0.2, 0.25) is 5.78 Å². The predicted octanol–water partition coefficient (Wildman–Crippen LogP) is 4.14. The highest BCUT2D eigenvalue weighted by atomic mass is 35.5. The minimum Gasteiger partial charge on any atom is -0.451 e. The molecule has 25 heavy (non-hydrogen) atoms. The number of hydrogen-bond acceptors (Lipinski definition) is 4. The summed E-state index contributed by atoms with van der Waals surface area (Å²) in [7, 11) is 0. The van der Waals surface area contributed by atoms with Gasteiger partial charge in [0.15, 0.2) is 6.10 Å². The monoisotopic (exact) mass is 356 g/mol. The van der Waals surface area contributed by atoms with Gasteiger partial charge in [0.05, 0.1) is 5.56 Å². The summed E-state index contributed by atoms with van der Waals surface area (Å²) < 4.78 is 5.32. The molecule has 0 saturated carbocycles. The van der Waals surface area contributed by atoms with Crippen molar-refractivity contribution in [3.05, 3.63) is 64.3 Å². The van der Waals surface area contributed by atoms with Crippen LogP contribution in [0.4, 0.5) is 5.69 Å². The molecule has 1 heterocycles. The van der Waals surface area contributed by atoms with Crippen molar-refractivity contribution in [2.75, 3.05) is 5.73 Å². The van der Waals surface area contributed by atoms with Gasteiger partial charge in [-0.05, 0) is 38.1 Å². The Kier molecular flexibility index (Phi) is 4.51. The van der Waals surface area contributed by atoms with Crippen LogP contribution in [0.3, 0.4) is 0 Å². The van der Waals surface area contributed by atoms with Gasteiger partial charge in [-0.25, -0.2) is 4.79 Å². The van der Waals surface area contributed by atoms with E-state index in [4.69, 9.17) is 22.1 Å². The molecule has 6 heteroatoms. The van der Waals surface area contributed by atoms with Gasteiger partial charge in [-0.1, -0.05) is 29.8 Å². The number of ketones is 1. The van der Waals surface area contributed by atoms with Crippen molar-refractivity contribution in [1.82, 2.24) is 4.98 Å². The normalized spacial score (nSPS) is 12.1. The van der Waals surface area contributed by atoms with Crippen molar-refractivity contribution >= 4 is 39.9 Å². The summed E-state index contributed by atoms with van der Waals surface area (Å²) in [6.07, 6.45) is -0.944. The summed E-state index contributed by atoms with van der Waals surface area (Å²) in [5, 5.41) is 1.23. The van der Waals surface area contributed by atoms with E-state index in [0.717, 1.165) is 16.6 Å². The fraction of sp³-hybridized carbons (Fsp3) is 0.158. The van der Waals surface area contributed by atoms with E-state index < -0.39 is 12.1 Å². The van der Waals surface area contributed by atoms with E-state index >= 15 is 0 Å². The van der Waals surface area contributed by atoms with Gasteiger partial charge < -0.3 is 15.5 Å². The molecule has 3 rings (SSSR count). The minimum absolute atomic E-state index is 0.180. The van der Waals surface area contributed by atoms with Gasteiger partial charge >= 0.3 is 5.97 Å². The van der Waals surface area contributed by atoms with Crippen LogP contribution in [-0.4, -0.2) is 22.8 Å². The lowest BCUT2D eigenvalue weighted by Gasteiger charge is -2.13. The quantitative estimate of drug-likeness (QED) is 0.418. The SMILES string of the molecule is Cc1[nH]c2ccccc2c1C(=O)[C@H](C)OC(=O)c1ccc(Cl)cc1N. The number of para-hydroxylation sites is 1. The maximum atomic E-state index is 12.8. The van der Waals surface area contributed by atoms with Gasteiger partial charge in [-0.2, -0.15) is 0 Å². The number of benzene rings is 2. The zero-order valence-electron chi connectivity index (χ0n) is 13.8. The van der Waals surface area contributed by atoms with E-state index in [0.29, 0.717) is 10.6 Å². The highest BCUT2D eigenvalue weighted by molar-refractivity contribution is 6.31. The summed E-state index contributed by atoms with van der Waals surface area (Å²) in [6, 6.07) is 12.0. The van der Waals surface area contributed by atoms with E-state index in [-0.39, 0.29) is 17.0 Å². The van der Waals surface area contributed by atoms with Crippen LogP contribution in [0.15, 0.2) is 42.5 Å². The fourth-order valence-corrected chi connectivity index (χ4v) is 2.98. The third-order valence-electron chi connectivity index (χ3n) is 4.03. The minimum atomic E-state index is -0.944. The molecule has 0 aliphatic rings. The van der Waals surface area contributed by atoms with Crippen LogP contribution in [0.2, 0.25) is 5.02 Å². The van der Waals surface area contributed by atoms with Crippen LogP contribution in [0.1, 0.15) is 33.3 Å². The second-order valence-corrected chi connectivity index (χ2v) is 6.25. The molecule has 0 unspecified atom stereocenters. The number of H-pyrrole nitrogens is 1. The van der Waals surface area contributed by atoms with Crippen molar-refractivity contribution in [2.24, 2.45) is 0 Å². The maximum Gasteiger partial charge on any atom is 0.340 e. The number of rotatable bonds is 4.